The summed E-state index contributed by atoms with van der Waals surface area (Å²) in [6.45, 7) is 5.18. The van der Waals surface area contributed by atoms with Crippen molar-refractivity contribution in [3.63, 3.8) is 0 Å². The van der Waals surface area contributed by atoms with Crippen LogP contribution in [0.25, 0.3) is 0 Å². The molecule has 0 radical (unpaired) electrons. The van der Waals surface area contributed by atoms with Gasteiger partial charge in [0, 0.05) is 31.9 Å². The fourth-order valence-electron chi connectivity index (χ4n) is 1.60. The van der Waals surface area contributed by atoms with Crippen molar-refractivity contribution in [2.24, 2.45) is 0 Å². The molecule has 1 amide bonds. The summed E-state index contributed by atoms with van der Waals surface area (Å²) in [5.74, 6) is 0.0449. The van der Waals surface area contributed by atoms with Gasteiger partial charge in [-0.15, -0.1) is 0 Å². The number of nitrogens with one attached hydrogen (secondary N) is 1. The lowest BCUT2D eigenvalue weighted by Crippen LogP contribution is -2.21. The molecular weight excluding hydrogens is 212 g/mol. The van der Waals surface area contributed by atoms with Crippen molar-refractivity contribution in [2.45, 2.75) is 26.7 Å². The van der Waals surface area contributed by atoms with Crippen LogP contribution < -0.4 is 5.32 Å². The number of unbranched alkanes of at least 4 members (excludes halogenated alkanes) is 1. The number of rotatable bonds is 5. The minimum Gasteiger partial charge on any atom is -0.385 e. The second kappa shape index (κ2) is 6.28. The lowest BCUT2D eigenvalue weighted by Gasteiger charge is -2.14. The molecule has 0 aliphatic rings. The molecule has 3 heteroatoms. The van der Waals surface area contributed by atoms with Gasteiger partial charge >= 0.3 is 0 Å². The molecule has 0 saturated heterocycles. The minimum atomic E-state index is 0.0449. The van der Waals surface area contributed by atoms with Crippen LogP contribution in [0, 0.1) is 6.92 Å². The first-order chi connectivity index (χ1) is 8.06. The van der Waals surface area contributed by atoms with Gasteiger partial charge in [-0.2, -0.15) is 0 Å². The third-order valence-corrected chi connectivity index (χ3v) is 2.74. The molecular formula is C14H22N2O. The Bertz CT molecular complexity index is 386. The molecule has 0 unspecified atom stereocenters. The van der Waals surface area contributed by atoms with E-state index in [0.29, 0.717) is 0 Å². The summed E-state index contributed by atoms with van der Waals surface area (Å²) in [6, 6.07) is 5.81. The molecule has 94 valence electrons. The van der Waals surface area contributed by atoms with E-state index in [2.05, 4.69) is 19.2 Å². The first kappa shape index (κ1) is 13.6. The summed E-state index contributed by atoms with van der Waals surface area (Å²) in [7, 11) is 3.54. The Morgan fingerprint density at radius 1 is 1.35 bits per heavy atom. The van der Waals surface area contributed by atoms with Crippen LogP contribution in [0.4, 0.5) is 5.69 Å². The molecule has 0 saturated carbocycles. The molecule has 0 aliphatic carbocycles. The average Bonchev–Trinajstić information content (AvgIpc) is 2.30. The maximum atomic E-state index is 11.8. The van der Waals surface area contributed by atoms with Crippen molar-refractivity contribution in [1.29, 1.82) is 0 Å². The minimum absolute atomic E-state index is 0.0449. The van der Waals surface area contributed by atoms with E-state index in [1.807, 2.05) is 18.2 Å². The predicted octanol–water partition coefficient (Wildman–Crippen LogP) is 2.91. The van der Waals surface area contributed by atoms with Crippen molar-refractivity contribution < 1.29 is 4.79 Å². The van der Waals surface area contributed by atoms with E-state index in [1.165, 1.54) is 12.0 Å². The van der Waals surface area contributed by atoms with E-state index in [9.17, 15) is 4.79 Å². The summed E-state index contributed by atoms with van der Waals surface area (Å²) in [5, 5.41) is 3.38. The van der Waals surface area contributed by atoms with Crippen molar-refractivity contribution in [3.05, 3.63) is 29.3 Å². The molecule has 1 aromatic carbocycles. The number of anilines is 1. The lowest BCUT2D eigenvalue weighted by atomic mass is 10.1. The fraction of sp³-hybridized carbons (Fsp3) is 0.500. The normalized spacial score (nSPS) is 10.1. The van der Waals surface area contributed by atoms with Gasteiger partial charge in [0.15, 0.2) is 0 Å². The van der Waals surface area contributed by atoms with Crippen LogP contribution in [0.3, 0.4) is 0 Å². The number of carbonyl (C=O) groups excluding carboxylic acids is 1. The second-order valence-electron chi connectivity index (χ2n) is 4.51. The van der Waals surface area contributed by atoms with Gasteiger partial charge in [0.2, 0.25) is 0 Å². The molecule has 0 bridgehead atoms. The average molecular weight is 234 g/mol. The van der Waals surface area contributed by atoms with Crippen LogP contribution in [-0.4, -0.2) is 31.4 Å². The molecule has 17 heavy (non-hydrogen) atoms. The van der Waals surface area contributed by atoms with E-state index < -0.39 is 0 Å². The van der Waals surface area contributed by atoms with Crippen LogP contribution in [0.5, 0.6) is 0 Å². The van der Waals surface area contributed by atoms with Crippen LogP contribution in [0.15, 0.2) is 18.2 Å². The number of hydrogen-bond acceptors (Lipinski definition) is 2. The van der Waals surface area contributed by atoms with Gasteiger partial charge in [0.25, 0.3) is 5.91 Å². The van der Waals surface area contributed by atoms with E-state index in [4.69, 9.17) is 0 Å². The molecule has 1 rings (SSSR count). The van der Waals surface area contributed by atoms with Crippen LogP contribution >= 0.6 is 0 Å². The van der Waals surface area contributed by atoms with Crippen LogP contribution in [-0.2, 0) is 0 Å². The molecule has 1 N–H and O–H groups in total. The maximum absolute atomic E-state index is 11.8. The van der Waals surface area contributed by atoms with Gasteiger partial charge in [0.1, 0.15) is 0 Å². The quantitative estimate of drug-likeness (QED) is 0.794. The monoisotopic (exact) mass is 234 g/mol. The van der Waals surface area contributed by atoms with Crippen molar-refractivity contribution in [1.82, 2.24) is 4.90 Å². The number of carbonyl (C=O) groups is 1. The van der Waals surface area contributed by atoms with Crippen molar-refractivity contribution >= 4 is 11.6 Å². The van der Waals surface area contributed by atoms with Crippen molar-refractivity contribution in [2.75, 3.05) is 26.0 Å². The van der Waals surface area contributed by atoms with Gasteiger partial charge in [-0.1, -0.05) is 19.4 Å². The highest BCUT2D eigenvalue weighted by molar-refractivity contribution is 5.95. The Morgan fingerprint density at radius 3 is 2.65 bits per heavy atom. The number of benzene rings is 1. The van der Waals surface area contributed by atoms with E-state index >= 15 is 0 Å². The SMILES string of the molecule is CCCCNc1cc(C(=O)N(C)C)ccc1C. The van der Waals surface area contributed by atoms with Crippen molar-refractivity contribution in [3.8, 4) is 0 Å². The van der Waals surface area contributed by atoms with Gasteiger partial charge in [-0.05, 0) is 31.0 Å². The third-order valence-electron chi connectivity index (χ3n) is 2.74. The molecule has 0 atom stereocenters. The van der Waals surface area contributed by atoms with Gasteiger partial charge in [-0.25, -0.2) is 0 Å². The molecule has 3 nitrogen and oxygen atoms in total. The summed E-state index contributed by atoms with van der Waals surface area (Å²) in [4.78, 5) is 13.4. The summed E-state index contributed by atoms with van der Waals surface area (Å²) in [5.41, 5.74) is 2.97. The Kier molecular flexibility index (Phi) is 5.01. The smallest absolute Gasteiger partial charge is 0.253 e. The Hall–Kier alpha value is -1.51. The number of amides is 1. The molecule has 0 fully saturated rings. The van der Waals surface area contributed by atoms with Crippen LogP contribution in [0.2, 0.25) is 0 Å². The molecule has 0 spiro atoms. The van der Waals surface area contributed by atoms with Crippen LogP contribution in [0.1, 0.15) is 35.7 Å². The van der Waals surface area contributed by atoms with Gasteiger partial charge in [-0.3, -0.25) is 4.79 Å². The Labute approximate surface area is 104 Å². The molecule has 1 aromatic rings. The second-order valence-corrected chi connectivity index (χ2v) is 4.51. The number of nitrogens with zero attached hydrogens (tertiary/aromatic N) is 1. The number of aryl methyl sites for hydroxylation is 1. The predicted molar refractivity (Wildman–Crippen MR) is 72.6 cm³/mol. The first-order valence-corrected chi connectivity index (χ1v) is 6.12. The summed E-state index contributed by atoms with van der Waals surface area (Å²) >= 11 is 0. The first-order valence-electron chi connectivity index (χ1n) is 6.12. The standard InChI is InChI=1S/C14H22N2O/c1-5-6-9-15-13-10-12(8-7-11(13)2)14(17)16(3)4/h7-8,10,15H,5-6,9H2,1-4H3. The molecule has 0 aromatic heterocycles. The maximum Gasteiger partial charge on any atom is 0.253 e. The largest absolute Gasteiger partial charge is 0.385 e. The third kappa shape index (κ3) is 3.77. The highest BCUT2D eigenvalue weighted by atomic mass is 16.2. The van der Waals surface area contributed by atoms with Gasteiger partial charge in [0.05, 0.1) is 0 Å². The summed E-state index contributed by atoms with van der Waals surface area (Å²) in [6.07, 6.45) is 2.31. The Morgan fingerprint density at radius 2 is 2.06 bits per heavy atom. The molecule has 0 heterocycles. The lowest BCUT2D eigenvalue weighted by molar-refractivity contribution is 0.0827. The van der Waals surface area contributed by atoms with E-state index in [-0.39, 0.29) is 5.91 Å². The van der Waals surface area contributed by atoms with Gasteiger partial charge < -0.3 is 10.2 Å². The number of hydrogen-bond donors (Lipinski definition) is 1. The van der Waals surface area contributed by atoms with E-state index in [0.717, 1.165) is 24.2 Å². The zero-order valence-electron chi connectivity index (χ0n) is 11.2. The zero-order valence-corrected chi connectivity index (χ0v) is 11.2. The highest BCUT2D eigenvalue weighted by Crippen LogP contribution is 2.17. The molecule has 0 aliphatic heterocycles. The topological polar surface area (TPSA) is 32.3 Å². The van der Waals surface area contributed by atoms with E-state index in [1.54, 1.807) is 19.0 Å². The highest BCUT2D eigenvalue weighted by Gasteiger charge is 2.09. The zero-order chi connectivity index (χ0) is 12.8. The summed E-state index contributed by atoms with van der Waals surface area (Å²) < 4.78 is 0. The fourth-order valence-corrected chi connectivity index (χ4v) is 1.60. The Balaban J connectivity index is 2.83.